The summed E-state index contributed by atoms with van der Waals surface area (Å²) in [5, 5.41) is 13.6. The molecule has 0 aromatic carbocycles. The maximum atomic E-state index is 11.1. The van der Waals surface area contributed by atoms with Crippen LogP contribution in [0.2, 0.25) is 0 Å². The topological polar surface area (TPSA) is 99.7 Å². The van der Waals surface area contributed by atoms with E-state index in [1.165, 1.54) is 13.3 Å². The average Bonchev–Trinajstić information content (AvgIpc) is 3.14. The Morgan fingerprint density at radius 1 is 1.38 bits per heavy atom. The molecule has 146 valence electrons. The van der Waals surface area contributed by atoms with Crippen LogP contribution >= 0.6 is 0 Å². The first-order valence-corrected chi connectivity index (χ1v) is 8.26. The van der Waals surface area contributed by atoms with Crippen molar-refractivity contribution in [3.63, 3.8) is 0 Å². The zero-order chi connectivity index (χ0) is 19.2. The highest BCUT2D eigenvalue weighted by molar-refractivity contribution is 5.71. The fraction of sp³-hybridized carbons (Fsp3) is 0.556. The minimum Gasteiger partial charge on any atom is -0.469 e. The summed E-state index contributed by atoms with van der Waals surface area (Å²) < 4.78 is 20.3. The maximum absolute atomic E-state index is 11.1. The van der Waals surface area contributed by atoms with Crippen LogP contribution in [-0.2, 0) is 30.4 Å². The molecule has 0 amide bonds. The van der Waals surface area contributed by atoms with Crippen LogP contribution in [0.5, 0.6) is 0 Å². The summed E-state index contributed by atoms with van der Waals surface area (Å²) in [6.45, 7) is 2.31. The predicted octanol–water partition coefficient (Wildman–Crippen LogP) is 1.93. The molecule has 0 unspecified atom stereocenters. The number of aliphatic hydroxyl groups is 1. The first kappa shape index (κ1) is 21.9. The van der Waals surface area contributed by atoms with Crippen LogP contribution in [-0.4, -0.2) is 56.9 Å². The molecule has 0 fully saturated rings. The molecule has 0 aliphatic rings. The number of carbonyl (C=O) groups excluding carboxylic acids is 1. The first-order chi connectivity index (χ1) is 12.6. The van der Waals surface area contributed by atoms with Gasteiger partial charge in [0.15, 0.2) is 0 Å². The van der Waals surface area contributed by atoms with E-state index in [1.807, 2.05) is 13.0 Å². The Bertz CT molecular complexity index is 542. The van der Waals surface area contributed by atoms with Crippen LogP contribution in [0.4, 0.5) is 0 Å². The molecule has 0 saturated carbocycles. The number of nitrogens with zero attached hydrogens (tertiary/aromatic N) is 1. The molecule has 3 atom stereocenters. The van der Waals surface area contributed by atoms with Gasteiger partial charge >= 0.3 is 5.97 Å². The van der Waals surface area contributed by atoms with Crippen molar-refractivity contribution < 1.29 is 33.4 Å². The molecule has 8 nitrogen and oxygen atoms in total. The van der Waals surface area contributed by atoms with Crippen molar-refractivity contribution in [3.8, 4) is 0 Å². The van der Waals surface area contributed by atoms with E-state index >= 15 is 0 Å². The predicted molar refractivity (Wildman–Crippen MR) is 94.5 cm³/mol. The van der Waals surface area contributed by atoms with Crippen LogP contribution in [0.1, 0.15) is 19.1 Å². The number of oxime groups is 1. The van der Waals surface area contributed by atoms with Crippen molar-refractivity contribution >= 4 is 12.2 Å². The lowest BCUT2D eigenvalue weighted by atomic mass is 10.0. The summed E-state index contributed by atoms with van der Waals surface area (Å²) in [5.41, 5.74) is 0. The van der Waals surface area contributed by atoms with Crippen LogP contribution in [0, 0.1) is 5.92 Å². The minimum atomic E-state index is -0.805. The largest absolute Gasteiger partial charge is 0.469 e. The second-order valence-electron chi connectivity index (χ2n) is 5.57. The van der Waals surface area contributed by atoms with Gasteiger partial charge in [0.25, 0.3) is 0 Å². The third-order valence-corrected chi connectivity index (χ3v) is 3.43. The van der Waals surface area contributed by atoms with Crippen molar-refractivity contribution in [2.75, 3.05) is 27.4 Å². The monoisotopic (exact) mass is 369 g/mol. The molecule has 1 heterocycles. The lowest BCUT2D eigenvalue weighted by Crippen LogP contribution is -2.22. The average molecular weight is 369 g/mol. The molecule has 0 aliphatic heterocycles. The van der Waals surface area contributed by atoms with Gasteiger partial charge in [-0.15, -0.1) is 0 Å². The van der Waals surface area contributed by atoms with E-state index in [0.717, 1.165) is 0 Å². The number of furan rings is 1. The van der Waals surface area contributed by atoms with Crippen LogP contribution < -0.4 is 0 Å². The highest BCUT2D eigenvalue weighted by Gasteiger charge is 2.12. The van der Waals surface area contributed by atoms with Gasteiger partial charge in [-0.2, -0.15) is 0 Å². The summed E-state index contributed by atoms with van der Waals surface area (Å²) in [5.74, 6) is 0.370. The van der Waals surface area contributed by atoms with Gasteiger partial charge in [0.1, 0.15) is 31.2 Å². The number of carbonyl (C=O) groups is 1. The molecule has 26 heavy (non-hydrogen) atoms. The lowest BCUT2D eigenvalue weighted by Gasteiger charge is -2.15. The molecule has 8 heteroatoms. The van der Waals surface area contributed by atoms with Crippen LogP contribution in [0.3, 0.4) is 0 Å². The Morgan fingerprint density at radius 3 is 2.85 bits per heavy atom. The molecule has 0 radical (unpaired) electrons. The van der Waals surface area contributed by atoms with Crippen molar-refractivity contribution in [2.45, 2.75) is 32.2 Å². The molecular weight excluding hydrogens is 342 g/mol. The standard InChI is InChI=1S/C18H27NO7/c1-14(6-4-8-18(21)23-3)17(22-2)10-19-26-12-15(20)11-24-13-16-7-5-9-25-16/h4-7,9-10,14-15,17,20H,8,11-13H2,1-3H3/b6-4-,19-10-/t14-,15+,17-/m1/s1. The van der Waals surface area contributed by atoms with Crippen molar-refractivity contribution in [1.29, 1.82) is 0 Å². The number of hydrogen-bond acceptors (Lipinski definition) is 8. The normalized spacial score (nSPS) is 15.2. The Kier molecular flexibility index (Phi) is 11.0. The van der Waals surface area contributed by atoms with E-state index < -0.39 is 6.10 Å². The van der Waals surface area contributed by atoms with Crippen molar-refractivity contribution in [1.82, 2.24) is 0 Å². The zero-order valence-corrected chi connectivity index (χ0v) is 15.4. The van der Waals surface area contributed by atoms with Gasteiger partial charge in [-0.25, -0.2) is 0 Å². The second kappa shape index (κ2) is 13.1. The zero-order valence-electron chi connectivity index (χ0n) is 15.4. The fourth-order valence-electron chi connectivity index (χ4n) is 1.95. The van der Waals surface area contributed by atoms with Gasteiger partial charge < -0.3 is 28.6 Å². The maximum Gasteiger partial charge on any atom is 0.309 e. The van der Waals surface area contributed by atoms with E-state index in [-0.39, 0.29) is 44.2 Å². The Labute approximate surface area is 153 Å². The SMILES string of the molecule is COC(=O)C/C=C\[C@@H](C)[C@@H](/C=N\OC[C@@H](O)COCc1ccco1)OC. The minimum absolute atomic E-state index is 0.00233. The fourth-order valence-corrected chi connectivity index (χ4v) is 1.95. The number of aliphatic hydroxyl groups excluding tert-OH is 1. The molecular formula is C18H27NO7. The summed E-state index contributed by atoms with van der Waals surface area (Å²) >= 11 is 0. The van der Waals surface area contributed by atoms with Gasteiger partial charge in [0.05, 0.1) is 32.6 Å². The smallest absolute Gasteiger partial charge is 0.309 e. The van der Waals surface area contributed by atoms with Gasteiger partial charge in [-0.3, -0.25) is 4.79 Å². The first-order valence-electron chi connectivity index (χ1n) is 8.26. The molecule has 1 aromatic heterocycles. The molecule has 0 spiro atoms. The quantitative estimate of drug-likeness (QED) is 0.245. The summed E-state index contributed by atoms with van der Waals surface area (Å²) in [6, 6.07) is 3.56. The van der Waals surface area contributed by atoms with Crippen LogP contribution in [0.15, 0.2) is 40.1 Å². The number of methoxy groups -OCH3 is 2. The van der Waals surface area contributed by atoms with E-state index in [1.54, 1.807) is 31.6 Å². The van der Waals surface area contributed by atoms with E-state index in [4.69, 9.17) is 18.7 Å². The third kappa shape index (κ3) is 9.36. The van der Waals surface area contributed by atoms with E-state index in [0.29, 0.717) is 5.76 Å². The number of hydrogen-bond donors (Lipinski definition) is 1. The van der Waals surface area contributed by atoms with E-state index in [9.17, 15) is 9.90 Å². The molecule has 1 rings (SSSR count). The Balaban J connectivity index is 2.23. The highest BCUT2D eigenvalue weighted by Crippen LogP contribution is 2.08. The molecule has 0 saturated heterocycles. The number of rotatable bonds is 13. The summed E-state index contributed by atoms with van der Waals surface area (Å²) in [4.78, 5) is 16.1. The lowest BCUT2D eigenvalue weighted by molar-refractivity contribution is -0.139. The van der Waals surface area contributed by atoms with Crippen molar-refractivity contribution in [2.24, 2.45) is 11.1 Å². The molecule has 1 aromatic rings. The van der Waals surface area contributed by atoms with Gasteiger partial charge in [0, 0.05) is 13.0 Å². The second-order valence-corrected chi connectivity index (χ2v) is 5.57. The number of ether oxygens (including phenoxy) is 3. The number of esters is 1. The van der Waals surface area contributed by atoms with E-state index in [2.05, 4.69) is 9.89 Å². The van der Waals surface area contributed by atoms with Gasteiger partial charge in [-0.05, 0) is 12.1 Å². The summed E-state index contributed by atoms with van der Waals surface area (Å²) in [7, 11) is 2.90. The molecule has 0 aliphatic carbocycles. The molecule has 1 N–H and O–H groups in total. The highest BCUT2D eigenvalue weighted by atomic mass is 16.6. The Morgan fingerprint density at radius 2 is 2.19 bits per heavy atom. The summed E-state index contributed by atoms with van der Waals surface area (Å²) in [6.07, 6.45) is 5.70. The third-order valence-electron chi connectivity index (χ3n) is 3.43. The van der Waals surface area contributed by atoms with Gasteiger partial charge in [0.2, 0.25) is 0 Å². The van der Waals surface area contributed by atoms with Crippen molar-refractivity contribution in [3.05, 3.63) is 36.3 Å². The molecule has 0 bridgehead atoms. The van der Waals surface area contributed by atoms with Crippen LogP contribution in [0.25, 0.3) is 0 Å². The Hall–Kier alpha value is -2.16. The van der Waals surface area contributed by atoms with Gasteiger partial charge in [-0.1, -0.05) is 24.2 Å².